The van der Waals surface area contributed by atoms with Crippen LogP contribution in [0.15, 0.2) is 82.2 Å². The number of hydrogen-bond acceptors (Lipinski definition) is 5. The third-order valence-corrected chi connectivity index (χ3v) is 8.80. The van der Waals surface area contributed by atoms with Gasteiger partial charge < -0.3 is 15.0 Å². The van der Waals surface area contributed by atoms with E-state index in [-0.39, 0.29) is 29.0 Å². The van der Waals surface area contributed by atoms with E-state index >= 15 is 0 Å². The molecule has 0 aliphatic heterocycles. The maximum atomic E-state index is 14.0. The van der Waals surface area contributed by atoms with Crippen molar-refractivity contribution in [2.75, 3.05) is 24.0 Å². The van der Waals surface area contributed by atoms with Gasteiger partial charge in [0.1, 0.15) is 18.3 Å². The molecule has 2 amide bonds. The molecule has 220 valence electrons. The Balaban J connectivity index is 2.01. The molecular weight excluding hydrogens is 630 g/mol. The summed E-state index contributed by atoms with van der Waals surface area (Å²) in [6, 6.07) is 18.8. The van der Waals surface area contributed by atoms with Crippen molar-refractivity contribution in [3.63, 3.8) is 0 Å². The molecule has 41 heavy (non-hydrogen) atoms. The number of carbonyl (C=O) groups is 2. The van der Waals surface area contributed by atoms with Crippen LogP contribution in [0.4, 0.5) is 5.69 Å². The first-order valence-corrected chi connectivity index (χ1v) is 15.9. The number of carbonyl (C=O) groups excluding carboxylic acids is 2. The average molecular weight is 665 g/mol. The summed E-state index contributed by atoms with van der Waals surface area (Å²) < 4.78 is 35.1. The molecule has 11 heteroatoms. The first kappa shape index (κ1) is 32.4. The third-order valence-electron chi connectivity index (χ3n) is 6.23. The van der Waals surface area contributed by atoms with Gasteiger partial charge >= 0.3 is 0 Å². The van der Waals surface area contributed by atoms with Gasteiger partial charge in [-0.3, -0.25) is 13.9 Å². The topological polar surface area (TPSA) is 96.0 Å². The summed E-state index contributed by atoms with van der Waals surface area (Å²) in [4.78, 5) is 28.4. The summed E-state index contributed by atoms with van der Waals surface area (Å²) >= 11 is 9.38. The van der Waals surface area contributed by atoms with Crippen molar-refractivity contribution in [2.24, 2.45) is 5.92 Å². The first-order chi connectivity index (χ1) is 19.4. The van der Waals surface area contributed by atoms with E-state index in [2.05, 4.69) is 21.2 Å². The Morgan fingerprint density at radius 2 is 1.56 bits per heavy atom. The molecule has 0 saturated heterocycles. The number of nitrogens with one attached hydrogen (secondary N) is 1. The van der Waals surface area contributed by atoms with Gasteiger partial charge in [0.25, 0.3) is 10.0 Å². The zero-order chi connectivity index (χ0) is 30.2. The van der Waals surface area contributed by atoms with E-state index in [0.717, 1.165) is 14.3 Å². The van der Waals surface area contributed by atoms with Gasteiger partial charge in [-0.15, -0.1) is 0 Å². The number of rotatable bonds is 13. The second kappa shape index (κ2) is 14.7. The number of amides is 2. The molecule has 0 saturated carbocycles. The number of benzene rings is 3. The molecule has 0 heterocycles. The van der Waals surface area contributed by atoms with Crippen LogP contribution in [-0.4, -0.2) is 50.9 Å². The summed E-state index contributed by atoms with van der Waals surface area (Å²) in [6.07, 6.45) is 0. The van der Waals surface area contributed by atoms with E-state index in [1.54, 1.807) is 67.6 Å². The predicted octanol–water partition coefficient (Wildman–Crippen LogP) is 5.89. The quantitative estimate of drug-likeness (QED) is 0.246. The third kappa shape index (κ3) is 8.95. The van der Waals surface area contributed by atoms with Gasteiger partial charge in [0, 0.05) is 22.6 Å². The smallest absolute Gasteiger partial charge is 0.264 e. The Kier molecular flexibility index (Phi) is 11.6. The predicted molar refractivity (Wildman–Crippen MR) is 166 cm³/mol. The number of anilines is 1. The normalized spacial score (nSPS) is 12.1. The zero-order valence-electron chi connectivity index (χ0n) is 23.5. The maximum absolute atomic E-state index is 14.0. The minimum absolute atomic E-state index is 0.0226. The Labute approximate surface area is 255 Å². The number of sulfonamides is 1. The van der Waals surface area contributed by atoms with Crippen LogP contribution in [0.5, 0.6) is 5.75 Å². The molecule has 1 atom stereocenters. The highest BCUT2D eigenvalue weighted by atomic mass is 79.9. The Morgan fingerprint density at radius 3 is 2.12 bits per heavy atom. The summed E-state index contributed by atoms with van der Waals surface area (Å²) in [5.41, 5.74) is 1.03. The van der Waals surface area contributed by atoms with Crippen molar-refractivity contribution in [1.29, 1.82) is 0 Å². The number of nitrogens with zero attached hydrogens (tertiary/aromatic N) is 2. The van der Waals surface area contributed by atoms with Crippen LogP contribution in [-0.2, 0) is 26.2 Å². The number of halogens is 2. The molecule has 0 bridgehead atoms. The van der Waals surface area contributed by atoms with Gasteiger partial charge in [-0.1, -0.05) is 53.5 Å². The van der Waals surface area contributed by atoms with Crippen LogP contribution in [0.25, 0.3) is 0 Å². The van der Waals surface area contributed by atoms with Crippen molar-refractivity contribution in [1.82, 2.24) is 10.2 Å². The molecule has 3 aromatic rings. The Morgan fingerprint density at radius 1 is 0.951 bits per heavy atom. The van der Waals surface area contributed by atoms with Crippen LogP contribution >= 0.6 is 27.5 Å². The minimum atomic E-state index is -4.16. The number of hydrogen-bond donors (Lipinski definition) is 1. The van der Waals surface area contributed by atoms with Gasteiger partial charge in [-0.25, -0.2) is 8.42 Å². The highest BCUT2D eigenvalue weighted by molar-refractivity contribution is 9.10. The fraction of sp³-hybridized carbons (Fsp3) is 0.333. The van der Waals surface area contributed by atoms with Crippen LogP contribution in [0.1, 0.15) is 33.3 Å². The van der Waals surface area contributed by atoms with Crippen molar-refractivity contribution >= 4 is 55.1 Å². The van der Waals surface area contributed by atoms with Crippen molar-refractivity contribution in [3.8, 4) is 5.75 Å². The van der Waals surface area contributed by atoms with Crippen LogP contribution in [0.2, 0.25) is 5.02 Å². The number of ether oxygens (including phenoxy) is 1. The lowest BCUT2D eigenvalue weighted by molar-refractivity contribution is -0.139. The summed E-state index contributed by atoms with van der Waals surface area (Å²) in [6.45, 7) is 7.89. The van der Waals surface area contributed by atoms with Crippen molar-refractivity contribution in [3.05, 3.63) is 87.9 Å². The molecule has 0 radical (unpaired) electrons. The van der Waals surface area contributed by atoms with E-state index in [4.69, 9.17) is 16.3 Å². The summed E-state index contributed by atoms with van der Waals surface area (Å²) in [7, 11) is -4.16. The highest BCUT2D eigenvalue weighted by Gasteiger charge is 2.32. The van der Waals surface area contributed by atoms with E-state index in [1.807, 2.05) is 20.8 Å². The second-order valence-electron chi connectivity index (χ2n) is 9.86. The molecular formula is C30H35BrClN3O5S. The Bertz CT molecular complexity index is 1420. The van der Waals surface area contributed by atoms with Crippen molar-refractivity contribution in [2.45, 2.75) is 45.2 Å². The summed E-state index contributed by atoms with van der Waals surface area (Å²) in [5, 5.41) is 3.41. The fourth-order valence-corrected chi connectivity index (χ4v) is 5.76. The Hall–Kier alpha value is -3.08. The molecule has 3 rings (SSSR count). The average Bonchev–Trinajstić information content (AvgIpc) is 2.94. The standard InChI is InChI=1S/C30H35BrClN3O5S/c1-5-40-27-14-12-26(13-15-27)35(41(38,39)28-16-8-24(31)9-17-28)20-29(36)34(19-23-6-10-25(32)11-7-23)22(4)30(37)33-18-21(2)3/h6-17,21-22H,5,18-20H2,1-4H3,(H,33,37)/t22-/m0/s1. The molecule has 0 unspecified atom stereocenters. The molecule has 8 nitrogen and oxygen atoms in total. The molecule has 1 N–H and O–H groups in total. The largest absolute Gasteiger partial charge is 0.494 e. The van der Waals surface area contributed by atoms with Gasteiger partial charge in [0.15, 0.2) is 0 Å². The van der Waals surface area contributed by atoms with E-state index < -0.39 is 28.5 Å². The lowest BCUT2D eigenvalue weighted by Gasteiger charge is -2.32. The lowest BCUT2D eigenvalue weighted by atomic mass is 10.1. The fourth-order valence-electron chi connectivity index (χ4n) is 3.96. The lowest BCUT2D eigenvalue weighted by Crippen LogP contribution is -2.51. The minimum Gasteiger partial charge on any atom is -0.494 e. The van der Waals surface area contributed by atoms with Crippen molar-refractivity contribution < 1.29 is 22.7 Å². The van der Waals surface area contributed by atoms with Gasteiger partial charge in [-0.05, 0) is 86.0 Å². The van der Waals surface area contributed by atoms with Gasteiger partial charge in [-0.2, -0.15) is 0 Å². The van der Waals surface area contributed by atoms with E-state index in [9.17, 15) is 18.0 Å². The van der Waals surface area contributed by atoms with E-state index in [1.165, 1.54) is 17.0 Å². The molecule has 0 spiro atoms. The second-order valence-corrected chi connectivity index (χ2v) is 13.1. The summed E-state index contributed by atoms with van der Waals surface area (Å²) in [5.74, 6) is -0.0766. The van der Waals surface area contributed by atoms with E-state index in [0.29, 0.717) is 23.9 Å². The molecule has 0 aliphatic rings. The van der Waals surface area contributed by atoms with Crippen LogP contribution in [0, 0.1) is 5.92 Å². The highest BCUT2D eigenvalue weighted by Crippen LogP contribution is 2.27. The van der Waals surface area contributed by atoms with Gasteiger partial charge in [0.2, 0.25) is 11.8 Å². The molecule has 0 aromatic heterocycles. The SMILES string of the molecule is CCOc1ccc(N(CC(=O)N(Cc2ccc(Cl)cc2)[C@@H](C)C(=O)NCC(C)C)S(=O)(=O)c2ccc(Br)cc2)cc1. The first-order valence-electron chi connectivity index (χ1n) is 13.2. The monoisotopic (exact) mass is 663 g/mol. The molecule has 0 aliphatic carbocycles. The molecule has 3 aromatic carbocycles. The van der Waals surface area contributed by atoms with Crippen LogP contribution in [0.3, 0.4) is 0 Å². The van der Waals surface area contributed by atoms with Crippen LogP contribution < -0.4 is 14.4 Å². The maximum Gasteiger partial charge on any atom is 0.264 e. The van der Waals surface area contributed by atoms with Gasteiger partial charge in [0.05, 0.1) is 17.2 Å². The zero-order valence-corrected chi connectivity index (χ0v) is 26.7. The molecule has 0 fully saturated rings.